The van der Waals surface area contributed by atoms with Crippen molar-refractivity contribution in [3.05, 3.63) is 83.9 Å². The first-order chi connectivity index (χ1) is 14.2. The number of Topliss-reactive ketones (excluding diaryl/α,β-unsaturated/α-hetero) is 1. The normalized spacial score (nSPS) is 14.0. The zero-order chi connectivity index (χ0) is 19.8. The third kappa shape index (κ3) is 3.25. The SMILES string of the molecule is CC(Nc1cc(-c2ccc3c(c2)CCC3=O)c2nccnc2c1)c1cccnc1. The molecule has 0 spiro atoms. The minimum absolute atomic E-state index is 0.100. The molecular formula is C24H20N4O. The van der Waals surface area contributed by atoms with Gasteiger partial charge in [-0.15, -0.1) is 0 Å². The third-order valence-corrected chi connectivity index (χ3v) is 5.48. The lowest BCUT2D eigenvalue weighted by molar-refractivity contribution is 0.0994. The number of carbonyl (C=O) groups excluding carboxylic acids is 1. The van der Waals surface area contributed by atoms with E-state index in [0.717, 1.165) is 51.0 Å². The standard InChI is InChI=1S/C24H20N4O/c1-15(18-3-2-8-25-14-18)28-19-12-21(24-22(13-19)26-9-10-27-24)17-4-6-20-16(11-17)5-7-23(20)29/h2-4,6,8-15,28H,5,7H2,1H3. The van der Waals surface area contributed by atoms with E-state index in [1.807, 2.05) is 30.5 Å². The molecule has 29 heavy (non-hydrogen) atoms. The molecule has 5 heteroatoms. The van der Waals surface area contributed by atoms with Crippen molar-refractivity contribution in [2.75, 3.05) is 5.32 Å². The van der Waals surface area contributed by atoms with E-state index in [1.54, 1.807) is 18.6 Å². The third-order valence-electron chi connectivity index (χ3n) is 5.48. The van der Waals surface area contributed by atoms with Crippen molar-refractivity contribution >= 4 is 22.5 Å². The van der Waals surface area contributed by atoms with E-state index in [1.165, 1.54) is 0 Å². The van der Waals surface area contributed by atoms with Gasteiger partial charge in [-0.25, -0.2) is 0 Å². The Morgan fingerprint density at radius 3 is 2.72 bits per heavy atom. The highest BCUT2D eigenvalue weighted by Crippen LogP contribution is 2.34. The van der Waals surface area contributed by atoms with E-state index in [-0.39, 0.29) is 11.8 Å². The summed E-state index contributed by atoms with van der Waals surface area (Å²) in [6, 6.07) is 14.3. The lowest BCUT2D eigenvalue weighted by Crippen LogP contribution is -2.07. The number of anilines is 1. The molecule has 0 fully saturated rings. The number of nitrogens with one attached hydrogen (secondary N) is 1. The van der Waals surface area contributed by atoms with Crippen LogP contribution in [0.2, 0.25) is 0 Å². The summed E-state index contributed by atoms with van der Waals surface area (Å²) in [6.45, 7) is 2.11. The average molecular weight is 380 g/mol. The largest absolute Gasteiger partial charge is 0.378 e. The van der Waals surface area contributed by atoms with Gasteiger partial charge in [-0.1, -0.05) is 24.3 Å². The van der Waals surface area contributed by atoms with E-state index >= 15 is 0 Å². The van der Waals surface area contributed by atoms with Crippen LogP contribution in [-0.4, -0.2) is 20.7 Å². The molecule has 0 radical (unpaired) electrons. The molecule has 142 valence electrons. The second-order valence-electron chi connectivity index (χ2n) is 7.40. The first-order valence-corrected chi connectivity index (χ1v) is 9.77. The summed E-state index contributed by atoms with van der Waals surface area (Å²) in [6.07, 6.45) is 8.48. The van der Waals surface area contributed by atoms with Crippen LogP contribution in [0, 0.1) is 0 Å². The molecule has 1 aliphatic rings. The van der Waals surface area contributed by atoms with E-state index in [9.17, 15) is 4.79 Å². The molecule has 5 rings (SSSR count). The number of aryl methyl sites for hydroxylation is 1. The molecular weight excluding hydrogens is 360 g/mol. The Morgan fingerprint density at radius 2 is 1.86 bits per heavy atom. The van der Waals surface area contributed by atoms with Gasteiger partial charge >= 0.3 is 0 Å². The van der Waals surface area contributed by atoms with Gasteiger partial charge in [0.1, 0.15) is 0 Å². The molecule has 1 aliphatic carbocycles. The van der Waals surface area contributed by atoms with Gasteiger partial charge in [0.2, 0.25) is 0 Å². The van der Waals surface area contributed by atoms with Gasteiger partial charge < -0.3 is 5.32 Å². The molecule has 0 saturated carbocycles. The topological polar surface area (TPSA) is 67.8 Å². The van der Waals surface area contributed by atoms with Crippen molar-refractivity contribution in [1.29, 1.82) is 0 Å². The summed E-state index contributed by atoms with van der Waals surface area (Å²) in [5.41, 5.74) is 7.82. The summed E-state index contributed by atoms with van der Waals surface area (Å²) >= 11 is 0. The van der Waals surface area contributed by atoms with Crippen molar-refractivity contribution in [3.8, 4) is 11.1 Å². The van der Waals surface area contributed by atoms with Crippen LogP contribution in [0.1, 0.15) is 40.9 Å². The molecule has 0 aliphatic heterocycles. The van der Waals surface area contributed by atoms with Crippen LogP contribution in [0.5, 0.6) is 0 Å². The highest BCUT2D eigenvalue weighted by molar-refractivity contribution is 6.02. The van der Waals surface area contributed by atoms with Crippen LogP contribution in [0.25, 0.3) is 22.2 Å². The van der Waals surface area contributed by atoms with Crippen LogP contribution >= 0.6 is 0 Å². The monoisotopic (exact) mass is 380 g/mol. The predicted octanol–water partition coefficient (Wildman–Crippen LogP) is 4.99. The lowest BCUT2D eigenvalue weighted by Gasteiger charge is -2.17. The number of pyridine rings is 1. The maximum absolute atomic E-state index is 12.0. The molecule has 2 aromatic carbocycles. The number of hydrogen-bond donors (Lipinski definition) is 1. The Bertz CT molecular complexity index is 1220. The summed E-state index contributed by atoms with van der Waals surface area (Å²) in [7, 11) is 0. The second-order valence-corrected chi connectivity index (χ2v) is 7.40. The molecule has 4 aromatic rings. The predicted molar refractivity (Wildman–Crippen MR) is 114 cm³/mol. The van der Waals surface area contributed by atoms with E-state index in [0.29, 0.717) is 6.42 Å². The van der Waals surface area contributed by atoms with Crippen molar-refractivity contribution in [2.45, 2.75) is 25.8 Å². The molecule has 0 amide bonds. The van der Waals surface area contributed by atoms with Gasteiger partial charge in [-0.3, -0.25) is 19.7 Å². The van der Waals surface area contributed by atoms with Crippen molar-refractivity contribution in [2.24, 2.45) is 0 Å². The number of hydrogen-bond acceptors (Lipinski definition) is 5. The van der Waals surface area contributed by atoms with Crippen molar-refractivity contribution in [3.63, 3.8) is 0 Å². The van der Waals surface area contributed by atoms with Crippen LogP contribution in [-0.2, 0) is 6.42 Å². The Balaban J connectivity index is 1.59. The summed E-state index contributed by atoms with van der Waals surface area (Å²) in [5.74, 6) is 0.233. The number of carbonyl (C=O) groups is 1. The molecule has 0 bridgehead atoms. The van der Waals surface area contributed by atoms with Gasteiger partial charge in [-0.05, 0) is 48.2 Å². The summed E-state index contributed by atoms with van der Waals surface area (Å²) in [5, 5.41) is 3.56. The van der Waals surface area contributed by atoms with E-state index < -0.39 is 0 Å². The average Bonchev–Trinajstić information content (AvgIpc) is 3.14. The van der Waals surface area contributed by atoms with Crippen LogP contribution < -0.4 is 5.32 Å². The lowest BCUT2D eigenvalue weighted by atomic mass is 9.98. The Kier molecular flexibility index (Phi) is 4.28. The maximum Gasteiger partial charge on any atom is 0.163 e. The van der Waals surface area contributed by atoms with Crippen LogP contribution in [0.15, 0.2) is 67.3 Å². The Morgan fingerprint density at radius 1 is 0.966 bits per heavy atom. The van der Waals surface area contributed by atoms with Gasteiger partial charge in [0.15, 0.2) is 5.78 Å². The number of fused-ring (bicyclic) bond motifs is 2. The molecule has 1 atom stereocenters. The highest BCUT2D eigenvalue weighted by Gasteiger charge is 2.20. The first kappa shape index (κ1) is 17.5. The molecule has 1 unspecified atom stereocenters. The molecule has 2 heterocycles. The molecule has 2 aromatic heterocycles. The van der Waals surface area contributed by atoms with E-state index in [4.69, 9.17) is 0 Å². The number of aromatic nitrogens is 3. The number of rotatable bonds is 4. The minimum atomic E-state index is 0.100. The summed E-state index contributed by atoms with van der Waals surface area (Å²) < 4.78 is 0. The molecule has 1 N–H and O–H groups in total. The van der Waals surface area contributed by atoms with Crippen LogP contribution in [0.4, 0.5) is 5.69 Å². The maximum atomic E-state index is 12.0. The minimum Gasteiger partial charge on any atom is -0.378 e. The highest BCUT2D eigenvalue weighted by atomic mass is 16.1. The Hall–Kier alpha value is -3.60. The number of benzene rings is 2. The van der Waals surface area contributed by atoms with Gasteiger partial charge in [-0.2, -0.15) is 0 Å². The zero-order valence-electron chi connectivity index (χ0n) is 16.1. The molecule has 0 saturated heterocycles. The van der Waals surface area contributed by atoms with Crippen LogP contribution in [0.3, 0.4) is 0 Å². The zero-order valence-corrected chi connectivity index (χ0v) is 16.1. The van der Waals surface area contributed by atoms with E-state index in [2.05, 4.69) is 45.4 Å². The van der Waals surface area contributed by atoms with Crippen molar-refractivity contribution < 1.29 is 4.79 Å². The summed E-state index contributed by atoms with van der Waals surface area (Å²) in [4.78, 5) is 25.3. The number of ketones is 1. The van der Waals surface area contributed by atoms with Gasteiger partial charge in [0, 0.05) is 48.0 Å². The Labute approximate surface area is 168 Å². The smallest absolute Gasteiger partial charge is 0.163 e. The fraction of sp³-hybridized carbons (Fsp3) is 0.167. The molecule has 5 nitrogen and oxygen atoms in total. The fourth-order valence-corrected chi connectivity index (χ4v) is 3.97. The first-order valence-electron chi connectivity index (χ1n) is 9.77. The quantitative estimate of drug-likeness (QED) is 0.540. The van der Waals surface area contributed by atoms with Crippen molar-refractivity contribution in [1.82, 2.24) is 15.0 Å². The fourth-order valence-electron chi connectivity index (χ4n) is 3.97. The number of nitrogens with zero attached hydrogens (tertiary/aromatic N) is 3. The second kappa shape index (κ2) is 7.09. The van der Waals surface area contributed by atoms with Gasteiger partial charge in [0.05, 0.1) is 17.1 Å². The van der Waals surface area contributed by atoms with Gasteiger partial charge in [0.25, 0.3) is 0 Å².